The van der Waals surface area contributed by atoms with Crippen molar-refractivity contribution in [3.63, 3.8) is 0 Å². The maximum absolute atomic E-state index is 12.2. The quantitative estimate of drug-likeness (QED) is 0.821. The number of rotatable bonds is 6. The van der Waals surface area contributed by atoms with E-state index in [-0.39, 0.29) is 0 Å². The summed E-state index contributed by atoms with van der Waals surface area (Å²) < 4.78 is 5.16. The summed E-state index contributed by atoms with van der Waals surface area (Å²) in [6.45, 7) is 3.18. The second-order valence-corrected chi connectivity index (χ2v) is 4.51. The van der Waals surface area contributed by atoms with Crippen molar-refractivity contribution in [2.45, 2.75) is 31.9 Å². The third-order valence-corrected chi connectivity index (χ3v) is 3.15. The molecule has 0 aliphatic rings. The molecule has 1 aromatic carbocycles. The number of nitrogens with one attached hydrogen (secondary N) is 1. The molecule has 2 N–H and O–H groups in total. The molecule has 104 valence electrons. The number of hydrogen-bond acceptors (Lipinski definition) is 3. The van der Waals surface area contributed by atoms with Gasteiger partial charge in [-0.3, -0.25) is 4.79 Å². The Morgan fingerprint density at radius 1 is 1.37 bits per heavy atom. The number of carboxylic acid groups (broad SMARTS) is 1. The van der Waals surface area contributed by atoms with E-state index in [1.165, 1.54) is 14.0 Å². The highest BCUT2D eigenvalue weighted by molar-refractivity contribution is 5.89. The molecular weight excluding hydrogens is 246 g/mol. The smallest absolute Gasteiger partial charge is 0.329 e. The number of ether oxygens (including phenoxy) is 1. The van der Waals surface area contributed by atoms with Crippen molar-refractivity contribution < 1.29 is 19.4 Å². The zero-order valence-electron chi connectivity index (χ0n) is 11.3. The van der Waals surface area contributed by atoms with Gasteiger partial charge in [-0.05, 0) is 18.9 Å². The molecule has 1 amide bonds. The summed E-state index contributed by atoms with van der Waals surface area (Å²) in [5, 5.41) is 11.7. The summed E-state index contributed by atoms with van der Waals surface area (Å²) in [4.78, 5) is 23.3. The van der Waals surface area contributed by atoms with E-state index in [1.807, 2.05) is 6.07 Å². The van der Waals surface area contributed by atoms with Crippen molar-refractivity contribution >= 4 is 11.9 Å². The van der Waals surface area contributed by atoms with E-state index >= 15 is 0 Å². The van der Waals surface area contributed by atoms with Crippen LogP contribution in [0, 0.1) is 0 Å². The van der Waals surface area contributed by atoms with Crippen molar-refractivity contribution in [1.82, 2.24) is 5.32 Å². The van der Waals surface area contributed by atoms with Crippen LogP contribution >= 0.6 is 0 Å². The second kappa shape index (κ2) is 6.33. The van der Waals surface area contributed by atoms with Crippen LogP contribution < -0.4 is 5.32 Å². The van der Waals surface area contributed by atoms with Crippen LogP contribution in [-0.2, 0) is 14.3 Å². The predicted molar refractivity (Wildman–Crippen MR) is 70.7 cm³/mol. The van der Waals surface area contributed by atoms with Gasteiger partial charge in [0, 0.05) is 7.11 Å². The molecule has 1 aromatic rings. The van der Waals surface area contributed by atoms with Gasteiger partial charge in [0.05, 0.1) is 0 Å². The molecule has 0 fully saturated rings. The van der Waals surface area contributed by atoms with Gasteiger partial charge in [0.2, 0.25) is 0 Å². The molecule has 0 aliphatic carbocycles. The van der Waals surface area contributed by atoms with E-state index in [9.17, 15) is 9.59 Å². The summed E-state index contributed by atoms with van der Waals surface area (Å²) in [5.74, 6) is -1.52. The van der Waals surface area contributed by atoms with E-state index in [0.29, 0.717) is 12.0 Å². The van der Waals surface area contributed by atoms with Crippen molar-refractivity contribution in [2.24, 2.45) is 0 Å². The Balaban J connectivity index is 2.89. The molecule has 0 spiro atoms. The molecule has 0 aliphatic heterocycles. The standard InChI is InChI=1S/C14H19NO4/c1-4-14(2,13(17)18)15-12(16)11(19-3)10-8-6-5-7-9-10/h5-9,11H,4H2,1-3H3,(H,15,16)(H,17,18)/t11-,14?/m1/s1. The monoisotopic (exact) mass is 265 g/mol. The van der Waals surface area contributed by atoms with Gasteiger partial charge in [-0.2, -0.15) is 0 Å². The van der Waals surface area contributed by atoms with Gasteiger partial charge >= 0.3 is 5.97 Å². The van der Waals surface area contributed by atoms with E-state index in [0.717, 1.165) is 0 Å². The average Bonchev–Trinajstić information content (AvgIpc) is 2.40. The van der Waals surface area contributed by atoms with Gasteiger partial charge in [-0.25, -0.2) is 4.79 Å². The Labute approximate surface area is 112 Å². The zero-order valence-corrected chi connectivity index (χ0v) is 11.3. The van der Waals surface area contributed by atoms with Crippen molar-refractivity contribution in [3.8, 4) is 0 Å². The average molecular weight is 265 g/mol. The van der Waals surface area contributed by atoms with Gasteiger partial charge in [-0.15, -0.1) is 0 Å². The largest absolute Gasteiger partial charge is 0.480 e. The Hall–Kier alpha value is -1.88. The van der Waals surface area contributed by atoms with E-state index in [2.05, 4.69) is 5.32 Å². The fourth-order valence-corrected chi connectivity index (χ4v) is 1.65. The Morgan fingerprint density at radius 3 is 2.37 bits per heavy atom. The van der Waals surface area contributed by atoms with E-state index < -0.39 is 23.5 Å². The van der Waals surface area contributed by atoms with Gasteiger partial charge in [0.1, 0.15) is 5.54 Å². The van der Waals surface area contributed by atoms with E-state index in [1.54, 1.807) is 31.2 Å². The lowest BCUT2D eigenvalue weighted by molar-refractivity contribution is -0.149. The molecule has 0 aromatic heterocycles. The maximum atomic E-state index is 12.2. The van der Waals surface area contributed by atoms with Crippen molar-refractivity contribution in [1.29, 1.82) is 0 Å². The number of benzene rings is 1. The molecule has 19 heavy (non-hydrogen) atoms. The van der Waals surface area contributed by atoms with Gasteiger partial charge in [-0.1, -0.05) is 37.3 Å². The summed E-state index contributed by atoms with van der Waals surface area (Å²) in [6.07, 6.45) is -0.523. The number of amides is 1. The zero-order chi connectivity index (χ0) is 14.5. The third kappa shape index (κ3) is 3.54. The molecule has 1 rings (SSSR count). The highest BCUT2D eigenvalue weighted by atomic mass is 16.5. The van der Waals surface area contributed by atoms with Crippen molar-refractivity contribution in [3.05, 3.63) is 35.9 Å². The van der Waals surface area contributed by atoms with Gasteiger partial charge in [0.25, 0.3) is 5.91 Å². The minimum absolute atomic E-state index is 0.291. The lowest BCUT2D eigenvalue weighted by Crippen LogP contribution is -2.53. The van der Waals surface area contributed by atoms with Crippen LogP contribution in [0.4, 0.5) is 0 Å². The Kier molecular flexibility index (Phi) is 5.06. The molecule has 0 bridgehead atoms. The maximum Gasteiger partial charge on any atom is 0.329 e. The van der Waals surface area contributed by atoms with Crippen LogP contribution in [0.5, 0.6) is 0 Å². The summed E-state index contributed by atoms with van der Waals surface area (Å²) >= 11 is 0. The molecule has 2 atom stereocenters. The minimum atomic E-state index is -1.29. The van der Waals surface area contributed by atoms with Crippen LogP contribution in [-0.4, -0.2) is 29.6 Å². The fraction of sp³-hybridized carbons (Fsp3) is 0.429. The number of carboxylic acids is 1. The third-order valence-electron chi connectivity index (χ3n) is 3.15. The molecule has 5 nitrogen and oxygen atoms in total. The summed E-state index contributed by atoms with van der Waals surface area (Å²) in [5.41, 5.74) is -0.603. The SMILES string of the molecule is CCC(C)(NC(=O)[C@H](OC)c1ccccc1)C(=O)O. The minimum Gasteiger partial charge on any atom is -0.480 e. The first-order valence-electron chi connectivity index (χ1n) is 6.07. The first-order valence-corrected chi connectivity index (χ1v) is 6.07. The van der Waals surface area contributed by atoms with Crippen LogP contribution in [0.15, 0.2) is 30.3 Å². The molecular formula is C14H19NO4. The van der Waals surface area contributed by atoms with Crippen LogP contribution in [0.2, 0.25) is 0 Å². The van der Waals surface area contributed by atoms with Gasteiger partial charge < -0.3 is 15.2 Å². The Morgan fingerprint density at radius 2 is 1.95 bits per heavy atom. The predicted octanol–water partition coefficient (Wildman–Crippen LogP) is 1.74. The van der Waals surface area contributed by atoms with Crippen LogP contribution in [0.1, 0.15) is 31.9 Å². The second-order valence-electron chi connectivity index (χ2n) is 4.51. The summed E-state index contributed by atoms with van der Waals surface area (Å²) in [6, 6.07) is 8.95. The number of carbonyl (C=O) groups is 2. The number of hydrogen-bond donors (Lipinski definition) is 2. The first-order chi connectivity index (χ1) is 8.94. The van der Waals surface area contributed by atoms with Crippen molar-refractivity contribution in [2.75, 3.05) is 7.11 Å². The van der Waals surface area contributed by atoms with Crippen LogP contribution in [0.25, 0.3) is 0 Å². The Bertz CT molecular complexity index is 446. The fourth-order valence-electron chi connectivity index (χ4n) is 1.65. The van der Waals surface area contributed by atoms with Crippen LogP contribution in [0.3, 0.4) is 0 Å². The highest BCUT2D eigenvalue weighted by Crippen LogP contribution is 2.19. The highest BCUT2D eigenvalue weighted by Gasteiger charge is 2.35. The lowest BCUT2D eigenvalue weighted by atomic mass is 9.98. The summed E-state index contributed by atoms with van der Waals surface area (Å²) in [7, 11) is 1.42. The molecule has 0 saturated carbocycles. The number of carbonyl (C=O) groups excluding carboxylic acids is 1. The number of aliphatic carboxylic acids is 1. The number of methoxy groups -OCH3 is 1. The normalized spacial score (nSPS) is 15.3. The van der Waals surface area contributed by atoms with E-state index in [4.69, 9.17) is 9.84 Å². The van der Waals surface area contributed by atoms with Gasteiger partial charge in [0.15, 0.2) is 6.10 Å². The molecule has 5 heteroatoms. The topological polar surface area (TPSA) is 75.6 Å². The lowest BCUT2D eigenvalue weighted by Gasteiger charge is -2.27. The molecule has 0 radical (unpaired) electrons. The molecule has 0 saturated heterocycles. The first kappa shape index (κ1) is 15.2. The molecule has 1 unspecified atom stereocenters. The molecule has 0 heterocycles.